The first kappa shape index (κ1) is 33.7. The zero-order valence-electron chi connectivity index (χ0n) is 13.9. The maximum atomic E-state index is 11.8. The molecule has 0 N–H and O–H groups in total. The molecule has 0 spiro atoms. The van der Waals surface area contributed by atoms with Crippen LogP contribution in [0.1, 0.15) is 15.9 Å². The molecule has 2 aromatic rings. The second-order valence-electron chi connectivity index (χ2n) is 4.55. The van der Waals surface area contributed by atoms with Crippen molar-refractivity contribution in [2.45, 2.75) is 0 Å². The molecule has 1 nitrogen and oxygen atoms in total. The molecule has 0 radical (unpaired) electrons. The van der Waals surface area contributed by atoms with E-state index >= 15 is 0 Å². The fraction of sp³-hybridized carbons (Fsp3) is 0. The van der Waals surface area contributed by atoms with Crippen molar-refractivity contribution in [3.8, 4) is 0 Å². The van der Waals surface area contributed by atoms with Gasteiger partial charge in [-0.3, -0.25) is 4.79 Å². The number of ketones is 1. The number of carbonyl (C=O) groups excluding carboxylic acids is 1. The van der Waals surface area contributed by atoms with Crippen molar-refractivity contribution in [2.24, 2.45) is 0 Å². The summed E-state index contributed by atoms with van der Waals surface area (Å²) in [6, 6.07) is 18.6. The van der Waals surface area contributed by atoms with Crippen molar-refractivity contribution in [1.29, 1.82) is 0 Å². The van der Waals surface area contributed by atoms with Gasteiger partial charge in [-0.05, 0) is 0 Å². The maximum absolute atomic E-state index is 11.8. The summed E-state index contributed by atoms with van der Waals surface area (Å²) < 4.78 is 117. The Bertz CT molecular complexity index is 604. The Morgan fingerprint density at radius 3 is 0.800 bits per heavy atom. The second kappa shape index (κ2) is 15.8. The van der Waals surface area contributed by atoms with Crippen molar-refractivity contribution < 1.29 is 56.6 Å². The van der Waals surface area contributed by atoms with Gasteiger partial charge in [0.1, 0.15) is 0 Å². The Labute approximate surface area is 206 Å². The zero-order valence-corrected chi connectivity index (χ0v) is 13.9. The number of hydrogen-bond acceptors (Lipinski definition) is 1. The molecule has 0 aliphatic heterocycles. The van der Waals surface area contributed by atoms with Crippen LogP contribution < -0.4 is 0 Å². The van der Waals surface area contributed by atoms with Gasteiger partial charge in [0.05, 0.1) is 0 Å². The fourth-order valence-electron chi connectivity index (χ4n) is 1.35. The average Bonchev–Trinajstić information content (AvgIpc) is 2.51. The summed E-state index contributed by atoms with van der Waals surface area (Å²) in [5, 5.41) is 0. The van der Waals surface area contributed by atoms with E-state index < -0.39 is 21.8 Å². The third kappa shape index (κ3) is 34.6. The fourth-order valence-corrected chi connectivity index (χ4v) is 1.35. The third-order valence-electron chi connectivity index (χ3n) is 2.07. The van der Waals surface area contributed by atoms with Gasteiger partial charge in [-0.2, -0.15) is 0 Å². The predicted molar refractivity (Wildman–Crippen MR) is 94.0 cm³/mol. The summed E-state index contributed by atoms with van der Waals surface area (Å²) in [5.74, 6) is 0.0752. The van der Waals surface area contributed by atoms with Crippen LogP contribution in [0.5, 0.6) is 0 Å². The molecule has 2 aromatic carbocycles. The minimum absolute atomic E-state index is 0. The molecular formula is C13H11B3F12KO-3. The van der Waals surface area contributed by atoms with Gasteiger partial charge in [-0.1, -0.05) is 60.7 Å². The number of benzene rings is 2. The Kier molecular flexibility index (Phi) is 17.8. The van der Waals surface area contributed by atoms with Gasteiger partial charge in [0.25, 0.3) is 0 Å². The van der Waals surface area contributed by atoms with E-state index in [1.807, 2.05) is 60.7 Å². The monoisotopic (exact) mass is 483 g/mol. The summed E-state index contributed by atoms with van der Waals surface area (Å²) in [4.78, 5) is 11.8. The van der Waals surface area contributed by atoms with Crippen molar-refractivity contribution in [1.82, 2.24) is 0 Å². The van der Waals surface area contributed by atoms with Gasteiger partial charge >= 0.3 is 73.1 Å². The second-order valence-corrected chi connectivity index (χ2v) is 4.55. The summed E-state index contributed by atoms with van der Waals surface area (Å²) in [5.41, 5.74) is 1.47. The Balaban J connectivity index is -0.000000383. The SMILES string of the molecule is F[B-](F)(F)F.F[B-](F)(F)F.F[B-](F)(F)F.O=C(c1ccccc1)c1ccccc1.[KH]. The van der Waals surface area contributed by atoms with Crippen LogP contribution in [0.3, 0.4) is 0 Å². The van der Waals surface area contributed by atoms with Crippen LogP contribution in [-0.4, -0.2) is 78.9 Å². The van der Waals surface area contributed by atoms with Crippen LogP contribution in [0.25, 0.3) is 0 Å². The molecule has 0 heterocycles. The molecule has 0 saturated carbocycles. The quantitative estimate of drug-likeness (QED) is 0.284. The van der Waals surface area contributed by atoms with Crippen LogP contribution in [0.15, 0.2) is 60.7 Å². The van der Waals surface area contributed by atoms with E-state index in [-0.39, 0.29) is 57.2 Å². The molecule has 0 amide bonds. The van der Waals surface area contributed by atoms with E-state index in [0.717, 1.165) is 11.1 Å². The first-order valence-corrected chi connectivity index (χ1v) is 7.14. The van der Waals surface area contributed by atoms with E-state index in [9.17, 15) is 56.6 Å². The summed E-state index contributed by atoms with van der Waals surface area (Å²) in [6.45, 7) is 0. The molecular weight excluding hydrogens is 472 g/mol. The molecule has 0 saturated heterocycles. The topological polar surface area (TPSA) is 17.1 Å². The molecule has 30 heavy (non-hydrogen) atoms. The van der Waals surface area contributed by atoms with E-state index in [4.69, 9.17) is 0 Å². The molecule has 0 bridgehead atoms. The number of rotatable bonds is 2. The van der Waals surface area contributed by atoms with Gasteiger partial charge < -0.3 is 51.8 Å². The van der Waals surface area contributed by atoms with Gasteiger partial charge in [0.15, 0.2) is 5.78 Å². The van der Waals surface area contributed by atoms with Gasteiger partial charge in [0, 0.05) is 11.1 Å². The number of hydrogen-bond donors (Lipinski definition) is 0. The Hall–Kier alpha value is -0.899. The minimum atomic E-state index is -6.00. The van der Waals surface area contributed by atoms with E-state index in [0.29, 0.717) is 0 Å². The summed E-state index contributed by atoms with van der Waals surface area (Å²) >= 11 is 0. The molecule has 0 aliphatic carbocycles. The van der Waals surface area contributed by atoms with Crippen molar-refractivity contribution in [2.75, 3.05) is 0 Å². The van der Waals surface area contributed by atoms with Crippen LogP contribution in [0.2, 0.25) is 0 Å². The van der Waals surface area contributed by atoms with Gasteiger partial charge in [-0.25, -0.2) is 0 Å². The molecule has 0 aromatic heterocycles. The zero-order chi connectivity index (χ0) is 23.3. The predicted octanol–water partition coefficient (Wildman–Crippen LogP) is 6.17. The van der Waals surface area contributed by atoms with Crippen molar-refractivity contribution in [3.63, 3.8) is 0 Å². The molecule has 0 atom stereocenters. The standard InChI is InChI=1S/C13H10O.3BF4.K.H/c14-13(11-7-3-1-4-8-11)12-9-5-2-6-10-12;3*2-1(3,4)5;;/h1-10H;;;;;/q;3*-1;;. The van der Waals surface area contributed by atoms with Gasteiger partial charge in [-0.15, -0.1) is 0 Å². The summed E-state index contributed by atoms with van der Waals surface area (Å²) in [7, 11) is -18.0. The van der Waals surface area contributed by atoms with E-state index in [2.05, 4.69) is 0 Å². The van der Waals surface area contributed by atoms with Crippen LogP contribution in [0, 0.1) is 0 Å². The Morgan fingerprint density at radius 1 is 0.467 bits per heavy atom. The molecule has 17 heteroatoms. The van der Waals surface area contributed by atoms with Crippen molar-refractivity contribution >= 4 is 78.9 Å². The number of carbonyl (C=O) groups is 1. The van der Waals surface area contributed by atoms with Crippen molar-refractivity contribution in [3.05, 3.63) is 71.8 Å². The Morgan fingerprint density at radius 2 is 0.633 bits per heavy atom. The molecule has 2 rings (SSSR count). The van der Waals surface area contributed by atoms with Gasteiger partial charge in [0.2, 0.25) is 0 Å². The molecule has 0 unspecified atom stereocenters. The summed E-state index contributed by atoms with van der Waals surface area (Å²) in [6.07, 6.45) is 0. The first-order chi connectivity index (χ1) is 12.9. The van der Waals surface area contributed by atoms with Crippen LogP contribution in [-0.2, 0) is 0 Å². The third-order valence-corrected chi connectivity index (χ3v) is 2.07. The van der Waals surface area contributed by atoms with E-state index in [1.165, 1.54) is 0 Å². The average molecular weight is 483 g/mol. The normalized spacial score (nSPS) is 10.5. The molecule has 0 aliphatic rings. The molecule has 166 valence electrons. The van der Waals surface area contributed by atoms with Crippen LogP contribution >= 0.6 is 0 Å². The van der Waals surface area contributed by atoms with E-state index in [1.54, 1.807) is 0 Å². The molecule has 0 fully saturated rings. The van der Waals surface area contributed by atoms with Crippen LogP contribution in [0.4, 0.5) is 51.8 Å². The number of halogens is 12. The first-order valence-electron chi connectivity index (χ1n) is 7.14.